The van der Waals surface area contributed by atoms with Gasteiger partial charge < -0.3 is 15.3 Å². The van der Waals surface area contributed by atoms with E-state index in [0.29, 0.717) is 0 Å². The summed E-state index contributed by atoms with van der Waals surface area (Å²) in [5.41, 5.74) is -0.559. The Morgan fingerprint density at radius 1 is 1.40 bits per heavy atom. The molecule has 1 amide bonds. The van der Waals surface area contributed by atoms with Crippen LogP contribution in [0.25, 0.3) is 0 Å². The standard InChI is InChI=1S/C14H22N4O2/c1-14(2,10-19)17-12(20)11-4-8-18(9-5-11)13-15-6-3-7-16-13/h3,6-7,11,19H,4-5,8-10H2,1-2H3,(H,17,20). The highest BCUT2D eigenvalue weighted by molar-refractivity contribution is 5.79. The van der Waals surface area contributed by atoms with Crippen LogP contribution in [-0.4, -0.2) is 46.2 Å². The Labute approximate surface area is 119 Å². The first kappa shape index (κ1) is 14.7. The van der Waals surface area contributed by atoms with Crippen molar-refractivity contribution in [3.63, 3.8) is 0 Å². The Bertz CT molecular complexity index is 442. The van der Waals surface area contributed by atoms with Crippen molar-refractivity contribution in [3.8, 4) is 0 Å². The van der Waals surface area contributed by atoms with Crippen molar-refractivity contribution in [2.45, 2.75) is 32.2 Å². The number of hydrogen-bond acceptors (Lipinski definition) is 5. The van der Waals surface area contributed by atoms with Crippen molar-refractivity contribution in [1.29, 1.82) is 0 Å². The van der Waals surface area contributed by atoms with Gasteiger partial charge in [-0.3, -0.25) is 4.79 Å². The number of anilines is 1. The van der Waals surface area contributed by atoms with E-state index >= 15 is 0 Å². The van der Waals surface area contributed by atoms with Gasteiger partial charge in [0.05, 0.1) is 12.1 Å². The molecule has 1 aromatic heterocycles. The fourth-order valence-electron chi connectivity index (χ4n) is 2.27. The summed E-state index contributed by atoms with van der Waals surface area (Å²) in [4.78, 5) is 22.7. The molecule has 1 saturated heterocycles. The molecule has 1 fully saturated rings. The summed E-state index contributed by atoms with van der Waals surface area (Å²) in [5.74, 6) is 0.750. The summed E-state index contributed by atoms with van der Waals surface area (Å²) in [6.45, 7) is 5.13. The van der Waals surface area contributed by atoms with Crippen LogP contribution in [0.2, 0.25) is 0 Å². The minimum atomic E-state index is -0.559. The van der Waals surface area contributed by atoms with E-state index < -0.39 is 5.54 Å². The van der Waals surface area contributed by atoms with Crippen LogP contribution in [-0.2, 0) is 4.79 Å². The van der Waals surface area contributed by atoms with E-state index in [2.05, 4.69) is 20.2 Å². The molecule has 110 valence electrons. The highest BCUT2D eigenvalue weighted by atomic mass is 16.3. The number of aliphatic hydroxyl groups is 1. The van der Waals surface area contributed by atoms with E-state index in [1.165, 1.54) is 0 Å². The van der Waals surface area contributed by atoms with Gasteiger partial charge in [0.1, 0.15) is 0 Å². The average molecular weight is 278 g/mol. The van der Waals surface area contributed by atoms with E-state index in [-0.39, 0.29) is 18.4 Å². The molecular weight excluding hydrogens is 256 g/mol. The lowest BCUT2D eigenvalue weighted by atomic mass is 9.94. The minimum absolute atomic E-state index is 0.000729. The number of piperidine rings is 1. The van der Waals surface area contributed by atoms with Gasteiger partial charge in [0.15, 0.2) is 0 Å². The highest BCUT2D eigenvalue weighted by Crippen LogP contribution is 2.21. The molecule has 1 aromatic rings. The molecule has 0 bridgehead atoms. The number of carbonyl (C=O) groups is 1. The van der Waals surface area contributed by atoms with Crippen molar-refractivity contribution < 1.29 is 9.90 Å². The molecule has 20 heavy (non-hydrogen) atoms. The molecule has 0 unspecified atom stereocenters. The summed E-state index contributed by atoms with van der Waals surface area (Å²) < 4.78 is 0. The fraction of sp³-hybridized carbons (Fsp3) is 0.643. The molecular formula is C14H22N4O2. The first-order valence-corrected chi connectivity index (χ1v) is 6.97. The quantitative estimate of drug-likeness (QED) is 0.842. The van der Waals surface area contributed by atoms with Gasteiger partial charge in [0.2, 0.25) is 11.9 Å². The van der Waals surface area contributed by atoms with Crippen molar-refractivity contribution in [2.24, 2.45) is 5.92 Å². The van der Waals surface area contributed by atoms with Gasteiger partial charge in [-0.2, -0.15) is 0 Å². The molecule has 1 aliphatic heterocycles. The van der Waals surface area contributed by atoms with E-state index in [0.717, 1.165) is 31.9 Å². The van der Waals surface area contributed by atoms with Crippen molar-refractivity contribution in [3.05, 3.63) is 18.5 Å². The van der Waals surface area contributed by atoms with Gasteiger partial charge in [-0.05, 0) is 32.8 Å². The smallest absolute Gasteiger partial charge is 0.225 e. The number of rotatable bonds is 4. The zero-order valence-corrected chi connectivity index (χ0v) is 12.0. The molecule has 0 radical (unpaired) electrons. The molecule has 0 aromatic carbocycles. The van der Waals surface area contributed by atoms with Gasteiger partial charge in [-0.15, -0.1) is 0 Å². The predicted octanol–water partition coefficient (Wildman–Crippen LogP) is 0.580. The SMILES string of the molecule is CC(C)(CO)NC(=O)C1CCN(c2ncccn2)CC1. The minimum Gasteiger partial charge on any atom is -0.394 e. The summed E-state index contributed by atoms with van der Waals surface area (Å²) in [7, 11) is 0. The molecule has 2 rings (SSSR count). The monoisotopic (exact) mass is 278 g/mol. The van der Waals surface area contributed by atoms with Crippen LogP contribution in [0.3, 0.4) is 0 Å². The molecule has 0 atom stereocenters. The van der Waals surface area contributed by atoms with Gasteiger partial charge in [0.25, 0.3) is 0 Å². The van der Waals surface area contributed by atoms with E-state index in [4.69, 9.17) is 0 Å². The summed E-state index contributed by atoms with van der Waals surface area (Å²) in [6, 6.07) is 1.79. The highest BCUT2D eigenvalue weighted by Gasteiger charge is 2.29. The second-order valence-corrected chi connectivity index (χ2v) is 5.84. The summed E-state index contributed by atoms with van der Waals surface area (Å²) in [6.07, 6.45) is 5.02. The maximum atomic E-state index is 12.1. The fourth-order valence-corrected chi connectivity index (χ4v) is 2.27. The van der Waals surface area contributed by atoms with Crippen LogP contribution in [0.4, 0.5) is 5.95 Å². The molecule has 0 saturated carbocycles. The lowest BCUT2D eigenvalue weighted by molar-refractivity contribution is -0.127. The third-order valence-electron chi connectivity index (χ3n) is 3.56. The maximum absolute atomic E-state index is 12.1. The number of carbonyl (C=O) groups excluding carboxylic acids is 1. The topological polar surface area (TPSA) is 78.4 Å². The van der Waals surface area contributed by atoms with Crippen LogP contribution in [0, 0.1) is 5.92 Å². The van der Waals surface area contributed by atoms with E-state index in [1.807, 2.05) is 13.8 Å². The molecule has 2 heterocycles. The molecule has 6 nitrogen and oxygen atoms in total. The molecule has 1 aliphatic rings. The second kappa shape index (κ2) is 6.17. The first-order valence-electron chi connectivity index (χ1n) is 6.97. The van der Waals surface area contributed by atoms with Crippen LogP contribution >= 0.6 is 0 Å². The number of nitrogens with zero attached hydrogens (tertiary/aromatic N) is 3. The predicted molar refractivity (Wildman–Crippen MR) is 76.3 cm³/mol. The van der Waals surface area contributed by atoms with Crippen LogP contribution in [0.1, 0.15) is 26.7 Å². The Balaban J connectivity index is 1.87. The Kier molecular flexibility index (Phi) is 4.54. The van der Waals surface area contributed by atoms with Crippen LogP contribution in [0.15, 0.2) is 18.5 Å². The Hall–Kier alpha value is -1.69. The third-order valence-corrected chi connectivity index (χ3v) is 3.56. The number of hydrogen-bond donors (Lipinski definition) is 2. The first-order chi connectivity index (χ1) is 9.52. The Morgan fingerprint density at radius 2 is 2.00 bits per heavy atom. The third kappa shape index (κ3) is 3.66. The van der Waals surface area contributed by atoms with E-state index in [1.54, 1.807) is 18.5 Å². The van der Waals surface area contributed by atoms with Gasteiger partial charge >= 0.3 is 0 Å². The number of aliphatic hydroxyl groups excluding tert-OH is 1. The lowest BCUT2D eigenvalue weighted by Crippen LogP contribution is -2.50. The molecule has 0 spiro atoms. The number of nitrogens with one attached hydrogen (secondary N) is 1. The van der Waals surface area contributed by atoms with Gasteiger partial charge in [-0.1, -0.05) is 0 Å². The van der Waals surface area contributed by atoms with Crippen LogP contribution < -0.4 is 10.2 Å². The summed E-state index contributed by atoms with van der Waals surface area (Å²) in [5, 5.41) is 12.1. The maximum Gasteiger partial charge on any atom is 0.225 e. The summed E-state index contributed by atoms with van der Waals surface area (Å²) >= 11 is 0. The van der Waals surface area contributed by atoms with Crippen molar-refractivity contribution in [1.82, 2.24) is 15.3 Å². The van der Waals surface area contributed by atoms with Crippen molar-refractivity contribution >= 4 is 11.9 Å². The largest absolute Gasteiger partial charge is 0.394 e. The molecule has 2 N–H and O–H groups in total. The van der Waals surface area contributed by atoms with Crippen molar-refractivity contribution in [2.75, 3.05) is 24.6 Å². The zero-order chi connectivity index (χ0) is 14.6. The molecule has 6 heteroatoms. The normalized spacial score (nSPS) is 17.1. The number of amides is 1. The lowest BCUT2D eigenvalue weighted by Gasteiger charge is -2.33. The van der Waals surface area contributed by atoms with Gasteiger partial charge in [0, 0.05) is 31.4 Å². The van der Waals surface area contributed by atoms with E-state index in [9.17, 15) is 9.90 Å². The molecule has 0 aliphatic carbocycles. The Morgan fingerprint density at radius 3 is 2.55 bits per heavy atom. The average Bonchev–Trinajstić information content (AvgIpc) is 2.48. The number of aromatic nitrogens is 2. The zero-order valence-electron chi connectivity index (χ0n) is 12.0. The second-order valence-electron chi connectivity index (χ2n) is 5.84. The van der Waals surface area contributed by atoms with Crippen LogP contribution in [0.5, 0.6) is 0 Å². The van der Waals surface area contributed by atoms with Gasteiger partial charge in [-0.25, -0.2) is 9.97 Å².